The Kier molecular flexibility index (Phi) is 6.28. The summed E-state index contributed by atoms with van der Waals surface area (Å²) in [6.07, 6.45) is 1.89. The van der Waals surface area contributed by atoms with Gasteiger partial charge in [0, 0.05) is 48.1 Å². The first-order valence-corrected chi connectivity index (χ1v) is 12.3. The SMILES string of the molecule is CNCC(=O)N1CCC(c2ccc3[nH]c(-c4cc(C(F)(F)F)c5nccn5c4)c(C(C)C)c3c2)CC1. The summed E-state index contributed by atoms with van der Waals surface area (Å²) < 4.78 is 43.0. The van der Waals surface area contributed by atoms with E-state index in [4.69, 9.17) is 0 Å². The first-order chi connectivity index (χ1) is 17.2. The molecule has 4 heterocycles. The molecular formula is C27H30F3N5O. The zero-order chi connectivity index (χ0) is 25.6. The van der Waals surface area contributed by atoms with Gasteiger partial charge in [0.2, 0.25) is 5.91 Å². The van der Waals surface area contributed by atoms with Gasteiger partial charge in [-0.2, -0.15) is 13.2 Å². The fraction of sp³-hybridized carbons (Fsp3) is 0.407. The van der Waals surface area contributed by atoms with Crippen LogP contribution in [0.1, 0.15) is 55.2 Å². The number of hydrogen-bond acceptors (Lipinski definition) is 3. The van der Waals surface area contributed by atoms with Crippen molar-refractivity contribution in [2.45, 2.75) is 44.7 Å². The molecule has 1 amide bonds. The number of halogens is 3. The Hall–Kier alpha value is -3.33. The van der Waals surface area contributed by atoms with Crippen molar-refractivity contribution in [2.24, 2.45) is 0 Å². The number of piperidine rings is 1. The van der Waals surface area contributed by atoms with Crippen LogP contribution in [-0.2, 0) is 11.0 Å². The van der Waals surface area contributed by atoms with E-state index < -0.39 is 11.7 Å². The molecule has 1 aliphatic heterocycles. The number of rotatable bonds is 5. The largest absolute Gasteiger partial charge is 0.420 e. The zero-order valence-electron chi connectivity index (χ0n) is 20.6. The number of likely N-dealkylation sites (N-methyl/N-ethyl adjacent to an activating group) is 1. The Balaban J connectivity index is 1.54. The second kappa shape index (κ2) is 9.28. The number of aromatic amines is 1. The van der Waals surface area contributed by atoms with Crippen LogP contribution in [0, 0.1) is 0 Å². The lowest BCUT2D eigenvalue weighted by Gasteiger charge is -2.32. The molecule has 190 valence electrons. The van der Waals surface area contributed by atoms with Gasteiger partial charge in [-0.3, -0.25) is 4.79 Å². The monoisotopic (exact) mass is 497 g/mol. The molecule has 1 aliphatic rings. The zero-order valence-corrected chi connectivity index (χ0v) is 20.6. The van der Waals surface area contributed by atoms with Crippen LogP contribution < -0.4 is 5.32 Å². The van der Waals surface area contributed by atoms with Crippen molar-refractivity contribution >= 4 is 22.5 Å². The van der Waals surface area contributed by atoms with Gasteiger partial charge in [-0.05, 0) is 61.1 Å². The predicted molar refractivity (Wildman–Crippen MR) is 134 cm³/mol. The Morgan fingerprint density at radius 3 is 2.64 bits per heavy atom. The van der Waals surface area contributed by atoms with E-state index in [1.54, 1.807) is 13.2 Å². The minimum atomic E-state index is -4.51. The van der Waals surface area contributed by atoms with Gasteiger partial charge >= 0.3 is 6.18 Å². The highest BCUT2D eigenvalue weighted by atomic mass is 19.4. The van der Waals surface area contributed by atoms with Crippen LogP contribution in [0.15, 0.2) is 42.9 Å². The molecule has 0 unspecified atom stereocenters. The van der Waals surface area contributed by atoms with Gasteiger partial charge in [0.05, 0.1) is 17.8 Å². The number of H-pyrrole nitrogens is 1. The number of carbonyl (C=O) groups is 1. The fourth-order valence-corrected chi connectivity index (χ4v) is 5.42. The molecule has 6 nitrogen and oxygen atoms in total. The maximum Gasteiger partial charge on any atom is 0.420 e. The van der Waals surface area contributed by atoms with E-state index in [9.17, 15) is 18.0 Å². The maximum absolute atomic E-state index is 13.8. The van der Waals surface area contributed by atoms with Crippen molar-refractivity contribution in [1.29, 1.82) is 0 Å². The number of carbonyl (C=O) groups excluding carboxylic acids is 1. The quantitative estimate of drug-likeness (QED) is 0.380. The van der Waals surface area contributed by atoms with Gasteiger partial charge in [-0.15, -0.1) is 0 Å². The molecule has 9 heteroatoms. The lowest BCUT2D eigenvalue weighted by molar-refractivity contribution is -0.136. The highest BCUT2D eigenvalue weighted by molar-refractivity contribution is 5.92. The smallest absolute Gasteiger partial charge is 0.354 e. The van der Waals surface area contributed by atoms with E-state index in [1.165, 1.54) is 28.4 Å². The van der Waals surface area contributed by atoms with E-state index in [-0.39, 0.29) is 17.5 Å². The summed E-state index contributed by atoms with van der Waals surface area (Å²) in [5, 5.41) is 3.95. The topological polar surface area (TPSA) is 65.4 Å². The first-order valence-electron chi connectivity index (χ1n) is 12.3. The number of amides is 1. The molecule has 1 fully saturated rings. The molecule has 0 bridgehead atoms. The number of aromatic nitrogens is 3. The number of likely N-dealkylation sites (tertiary alicyclic amines) is 1. The Morgan fingerprint density at radius 1 is 1.22 bits per heavy atom. The molecule has 1 saturated heterocycles. The van der Waals surface area contributed by atoms with E-state index in [1.807, 2.05) is 11.0 Å². The summed E-state index contributed by atoms with van der Waals surface area (Å²) >= 11 is 0. The number of nitrogens with zero attached hydrogens (tertiary/aromatic N) is 3. The van der Waals surface area contributed by atoms with Crippen molar-refractivity contribution in [1.82, 2.24) is 24.6 Å². The third kappa shape index (κ3) is 4.36. The lowest BCUT2D eigenvalue weighted by Crippen LogP contribution is -2.41. The molecule has 2 N–H and O–H groups in total. The summed E-state index contributed by atoms with van der Waals surface area (Å²) in [6.45, 7) is 5.92. The van der Waals surface area contributed by atoms with Crippen LogP contribution in [0.5, 0.6) is 0 Å². The van der Waals surface area contributed by atoms with Crippen LogP contribution >= 0.6 is 0 Å². The van der Waals surface area contributed by atoms with Crippen LogP contribution in [0.2, 0.25) is 0 Å². The van der Waals surface area contributed by atoms with Crippen molar-refractivity contribution in [3.63, 3.8) is 0 Å². The van der Waals surface area contributed by atoms with Gasteiger partial charge in [0.15, 0.2) is 0 Å². The number of benzene rings is 1. The fourth-order valence-electron chi connectivity index (χ4n) is 5.42. The van der Waals surface area contributed by atoms with Gasteiger partial charge < -0.3 is 19.6 Å². The van der Waals surface area contributed by atoms with E-state index >= 15 is 0 Å². The first kappa shape index (κ1) is 24.4. The summed E-state index contributed by atoms with van der Waals surface area (Å²) in [5.41, 5.74) is 3.43. The molecule has 3 aromatic heterocycles. The number of fused-ring (bicyclic) bond motifs is 2. The van der Waals surface area contributed by atoms with Crippen molar-refractivity contribution in [3.8, 4) is 11.3 Å². The summed E-state index contributed by atoms with van der Waals surface area (Å²) in [4.78, 5) is 21.4. The summed E-state index contributed by atoms with van der Waals surface area (Å²) in [7, 11) is 1.77. The molecule has 0 atom stereocenters. The molecule has 0 spiro atoms. The predicted octanol–water partition coefficient (Wildman–Crippen LogP) is 5.55. The highest BCUT2D eigenvalue weighted by Gasteiger charge is 2.35. The summed E-state index contributed by atoms with van der Waals surface area (Å²) in [6, 6.07) is 7.50. The van der Waals surface area contributed by atoms with Crippen LogP contribution in [0.4, 0.5) is 13.2 Å². The van der Waals surface area contributed by atoms with E-state index in [0.717, 1.165) is 42.4 Å². The summed E-state index contributed by atoms with van der Waals surface area (Å²) in [5.74, 6) is 0.556. The lowest BCUT2D eigenvalue weighted by atomic mass is 9.87. The molecule has 0 radical (unpaired) electrons. The van der Waals surface area contributed by atoms with Crippen LogP contribution in [0.3, 0.4) is 0 Å². The number of hydrogen-bond donors (Lipinski definition) is 2. The van der Waals surface area contributed by atoms with Gasteiger partial charge in [-0.1, -0.05) is 19.9 Å². The molecule has 1 aromatic carbocycles. The number of imidazole rings is 1. The van der Waals surface area contributed by atoms with Crippen LogP contribution in [-0.4, -0.2) is 51.9 Å². The molecule has 36 heavy (non-hydrogen) atoms. The normalized spacial score (nSPS) is 15.5. The van der Waals surface area contributed by atoms with Gasteiger partial charge in [0.25, 0.3) is 0 Å². The molecular weight excluding hydrogens is 467 g/mol. The van der Waals surface area contributed by atoms with E-state index in [0.29, 0.717) is 23.7 Å². The number of nitrogens with one attached hydrogen (secondary N) is 2. The molecule has 4 aromatic rings. The Bertz CT molecular complexity index is 1410. The Morgan fingerprint density at radius 2 is 1.97 bits per heavy atom. The van der Waals surface area contributed by atoms with Crippen LogP contribution in [0.25, 0.3) is 27.8 Å². The average molecular weight is 498 g/mol. The average Bonchev–Trinajstić information content (AvgIpc) is 3.47. The van der Waals surface area contributed by atoms with Crippen molar-refractivity contribution < 1.29 is 18.0 Å². The molecule has 5 rings (SSSR count). The van der Waals surface area contributed by atoms with E-state index in [2.05, 4.69) is 41.3 Å². The maximum atomic E-state index is 13.8. The second-order valence-corrected chi connectivity index (χ2v) is 9.86. The third-order valence-corrected chi connectivity index (χ3v) is 7.17. The minimum Gasteiger partial charge on any atom is -0.354 e. The third-order valence-electron chi connectivity index (χ3n) is 7.17. The number of alkyl halides is 3. The van der Waals surface area contributed by atoms with Gasteiger partial charge in [-0.25, -0.2) is 4.98 Å². The second-order valence-electron chi connectivity index (χ2n) is 9.86. The van der Waals surface area contributed by atoms with Gasteiger partial charge in [0.1, 0.15) is 5.65 Å². The Labute approximate surface area is 207 Å². The molecule has 0 saturated carbocycles. The highest BCUT2D eigenvalue weighted by Crippen LogP contribution is 2.40. The minimum absolute atomic E-state index is 0.0952. The van der Waals surface area contributed by atoms with Crippen molar-refractivity contribution in [3.05, 3.63) is 59.5 Å². The standard InChI is InChI=1S/C27H30F3N5O/c1-16(2)24-20-12-18(17-6-9-34(10-7-17)23(36)14-31-3)4-5-22(20)33-25(24)19-13-21(27(28,29)30)26-32-8-11-35(26)15-19/h4-5,8,11-13,15-17,31,33H,6-7,9-10,14H2,1-3H3. The van der Waals surface area contributed by atoms with Crippen molar-refractivity contribution in [2.75, 3.05) is 26.7 Å². The number of pyridine rings is 1. The molecule has 0 aliphatic carbocycles.